The Labute approximate surface area is 211 Å². The van der Waals surface area contributed by atoms with E-state index < -0.39 is 0 Å². The maximum Gasteiger partial charge on any atom is 0.159 e. The summed E-state index contributed by atoms with van der Waals surface area (Å²) in [6, 6.07) is 18.6. The van der Waals surface area contributed by atoms with Crippen LogP contribution in [0.25, 0.3) is 22.5 Å². The molecule has 0 unspecified atom stereocenters. The average molecular weight is 466 g/mol. The highest BCUT2D eigenvalue weighted by atomic mass is 14.9. The van der Waals surface area contributed by atoms with Crippen molar-refractivity contribution >= 4 is 0 Å². The molecular weight excluding hydrogens is 426 g/mol. The van der Waals surface area contributed by atoms with Gasteiger partial charge in [0.05, 0.1) is 11.6 Å². The van der Waals surface area contributed by atoms with E-state index in [1.54, 1.807) is 12.1 Å². The molecule has 3 nitrogen and oxygen atoms in total. The second-order valence-electron chi connectivity index (χ2n) is 10.2. The lowest BCUT2D eigenvalue weighted by Crippen LogP contribution is -2.13. The van der Waals surface area contributed by atoms with Gasteiger partial charge in [0.15, 0.2) is 5.82 Å². The van der Waals surface area contributed by atoms with Crippen LogP contribution in [0, 0.1) is 17.2 Å². The van der Waals surface area contributed by atoms with Crippen LogP contribution in [0.1, 0.15) is 101 Å². The van der Waals surface area contributed by atoms with Gasteiger partial charge in [0.25, 0.3) is 0 Å². The smallest absolute Gasteiger partial charge is 0.159 e. The van der Waals surface area contributed by atoms with Crippen molar-refractivity contribution in [3.8, 4) is 28.6 Å². The van der Waals surface area contributed by atoms with E-state index in [0.717, 1.165) is 22.6 Å². The van der Waals surface area contributed by atoms with Gasteiger partial charge in [-0.15, -0.1) is 0 Å². The summed E-state index contributed by atoms with van der Waals surface area (Å²) >= 11 is 0. The molecule has 0 aliphatic heterocycles. The van der Waals surface area contributed by atoms with Crippen molar-refractivity contribution < 1.29 is 0 Å². The molecule has 3 heteroatoms. The highest BCUT2D eigenvalue weighted by molar-refractivity contribution is 5.64. The van der Waals surface area contributed by atoms with Gasteiger partial charge >= 0.3 is 0 Å². The number of benzene rings is 2. The summed E-state index contributed by atoms with van der Waals surface area (Å²) in [7, 11) is 0. The number of unbranched alkanes of at least 4 members (excludes halogenated alkanes) is 6. The molecule has 1 heterocycles. The molecule has 1 aliphatic rings. The Morgan fingerprint density at radius 3 is 1.94 bits per heavy atom. The summed E-state index contributed by atoms with van der Waals surface area (Å²) in [5.74, 6) is 2.35. The van der Waals surface area contributed by atoms with E-state index in [0.29, 0.717) is 17.3 Å². The van der Waals surface area contributed by atoms with Crippen molar-refractivity contribution in [2.75, 3.05) is 0 Å². The first-order valence-electron chi connectivity index (χ1n) is 13.7. The molecule has 0 radical (unpaired) electrons. The van der Waals surface area contributed by atoms with E-state index in [1.807, 2.05) is 24.5 Å². The van der Waals surface area contributed by atoms with Gasteiger partial charge < -0.3 is 0 Å². The largest absolute Gasteiger partial charge is 0.236 e. The SMILES string of the molecule is CCCCCCCCCC1CCC(c2ccc(-c3cnc(-c4ccc(C#N)cc4)nc3)cc2)CC1. The summed E-state index contributed by atoms with van der Waals surface area (Å²) in [5, 5.41) is 8.96. The van der Waals surface area contributed by atoms with Crippen molar-refractivity contribution in [2.45, 2.75) is 89.9 Å². The Morgan fingerprint density at radius 2 is 1.31 bits per heavy atom. The first-order chi connectivity index (χ1) is 17.3. The minimum atomic E-state index is 0.645. The Bertz CT molecular complexity index is 1050. The number of hydrogen-bond donors (Lipinski definition) is 0. The van der Waals surface area contributed by atoms with Gasteiger partial charge in [-0.25, -0.2) is 9.97 Å². The Balaban J connectivity index is 1.24. The van der Waals surface area contributed by atoms with Crippen LogP contribution in [0.3, 0.4) is 0 Å². The van der Waals surface area contributed by atoms with E-state index in [1.165, 1.54) is 82.6 Å². The Kier molecular flexibility index (Phi) is 9.47. The van der Waals surface area contributed by atoms with Gasteiger partial charge in [0.1, 0.15) is 0 Å². The van der Waals surface area contributed by atoms with Gasteiger partial charge in [-0.05, 0) is 72.9 Å². The minimum Gasteiger partial charge on any atom is -0.236 e. The zero-order valence-corrected chi connectivity index (χ0v) is 21.3. The van der Waals surface area contributed by atoms with Crippen molar-refractivity contribution in [2.24, 2.45) is 5.92 Å². The fourth-order valence-corrected chi connectivity index (χ4v) is 5.44. The number of hydrogen-bond acceptors (Lipinski definition) is 3. The van der Waals surface area contributed by atoms with Crippen LogP contribution in [0.15, 0.2) is 60.9 Å². The van der Waals surface area contributed by atoms with Crippen LogP contribution < -0.4 is 0 Å². The molecule has 4 rings (SSSR count). The second kappa shape index (κ2) is 13.2. The van der Waals surface area contributed by atoms with E-state index in [-0.39, 0.29) is 0 Å². The molecule has 0 N–H and O–H groups in total. The van der Waals surface area contributed by atoms with Gasteiger partial charge in [-0.2, -0.15) is 5.26 Å². The summed E-state index contributed by atoms with van der Waals surface area (Å²) < 4.78 is 0. The molecule has 1 saturated carbocycles. The second-order valence-corrected chi connectivity index (χ2v) is 10.2. The number of aromatic nitrogens is 2. The van der Waals surface area contributed by atoms with Gasteiger partial charge in [0.2, 0.25) is 0 Å². The molecule has 0 spiro atoms. The summed E-state index contributed by atoms with van der Waals surface area (Å²) in [5.41, 5.74) is 5.25. The first kappa shape index (κ1) is 25.1. The van der Waals surface area contributed by atoms with Crippen LogP contribution in [0.2, 0.25) is 0 Å². The van der Waals surface area contributed by atoms with Crippen molar-refractivity contribution in [1.82, 2.24) is 9.97 Å². The Hall–Kier alpha value is -2.99. The van der Waals surface area contributed by atoms with Crippen LogP contribution in [-0.2, 0) is 0 Å². The minimum absolute atomic E-state index is 0.645. The molecule has 1 aromatic heterocycles. The molecule has 3 aromatic rings. The lowest BCUT2D eigenvalue weighted by molar-refractivity contribution is 0.302. The van der Waals surface area contributed by atoms with Gasteiger partial charge in [0, 0.05) is 23.5 Å². The predicted molar refractivity (Wildman–Crippen MR) is 145 cm³/mol. The van der Waals surface area contributed by atoms with Crippen LogP contribution in [0.5, 0.6) is 0 Å². The van der Waals surface area contributed by atoms with E-state index >= 15 is 0 Å². The third-order valence-electron chi connectivity index (χ3n) is 7.70. The van der Waals surface area contributed by atoms with E-state index in [9.17, 15) is 0 Å². The van der Waals surface area contributed by atoms with Gasteiger partial charge in [-0.3, -0.25) is 0 Å². The molecule has 35 heavy (non-hydrogen) atoms. The summed E-state index contributed by atoms with van der Waals surface area (Å²) in [4.78, 5) is 9.11. The molecule has 1 aliphatic carbocycles. The third-order valence-corrected chi connectivity index (χ3v) is 7.70. The molecule has 0 atom stereocenters. The number of nitriles is 1. The van der Waals surface area contributed by atoms with Gasteiger partial charge in [-0.1, -0.05) is 82.6 Å². The molecule has 182 valence electrons. The quantitative estimate of drug-likeness (QED) is 0.265. The first-order valence-corrected chi connectivity index (χ1v) is 13.7. The van der Waals surface area contributed by atoms with Crippen molar-refractivity contribution in [3.63, 3.8) is 0 Å². The van der Waals surface area contributed by atoms with E-state index in [4.69, 9.17) is 5.26 Å². The summed E-state index contributed by atoms with van der Waals surface area (Å²) in [6.07, 6.45) is 20.6. The maximum absolute atomic E-state index is 8.96. The average Bonchev–Trinajstić information content (AvgIpc) is 2.93. The molecule has 0 bridgehead atoms. The van der Waals surface area contributed by atoms with Crippen molar-refractivity contribution in [3.05, 3.63) is 72.1 Å². The predicted octanol–water partition coefficient (Wildman–Crippen LogP) is 9.10. The standard InChI is InChI=1S/C32H39N3/c1-2-3-4-5-6-7-8-9-25-10-14-27(15-11-25)28-18-20-29(21-19-28)31-23-34-32(35-24-31)30-16-12-26(22-33)13-17-30/h12-13,16-21,23-25,27H,2-11,14-15H2,1H3. The molecule has 1 fully saturated rings. The Morgan fingerprint density at radius 1 is 0.714 bits per heavy atom. The van der Waals surface area contributed by atoms with Crippen molar-refractivity contribution in [1.29, 1.82) is 5.26 Å². The van der Waals surface area contributed by atoms with E-state index in [2.05, 4.69) is 47.2 Å². The normalized spacial score (nSPS) is 17.7. The molecule has 2 aromatic carbocycles. The molecule has 0 saturated heterocycles. The number of rotatable bonds is 11. The fraction of sp³-hybridized carbons (Fsp3) is 0.469. The lowest BCUT2D eigenvalue weighted by atomic mass is 9.77. The topological polar surface area (TPSA) is 49.6 Å². The number of nitrogens with zero attached hydrogens (tertiary/aromatic N) is 3. The van der Waals surface area contributed by atoms with Crippen LogP contribution in [0.4, 0.5) is 0 Å². The highest BCUT2D eigenvalue weighted by Gasteiger charge is 2.22. The summed E-state index contributed by atoms with van der Waals surface area (Å²) in [6.45, 7) is 2.29. The lowest BCUT2D eigenvalue weighted by Gasteiger charge is -2.29. The molecule has 0 amide bonds. The zero-order chi connectivity index (χ0) is 24.3. The maximum atomic E-state index is 8.96. The third kappa shape index (κ3) is 7.25. The fourth-order valence-electron chi connectivity index (χ4n) is 5.44. The monoisotopic (exact) mass is 465 g/mol. The molecular formula is C32H39N3. The zero-order valence-electron chi connectivity index (χ0n) is 21.3. The van der Waals surface area contributed by atoms with Crippen LogP contribution >= 0.6 is 0 Å². The van der Waals surface area contributed by atoms with Crippen LogP contribution in [-0.4, -0.2) is 9.97 Å². The highest BCUT2D eigenvalue weighted by Crippen LogP contribution is 2.38.